The quantitative estimate of drug-likeness (QED) is 0.168. The fourth-order valence-electron chi connectivity index (χ4n) is 7.08. The van der Waals surface area contributed by atoms with Crippen LogP contribution in [0.4, 0.5) is 0 Å². The van der Waals surface area contributed by atoms with E-state index in [-0.39, 0.29) is 0 Å². The van der Waals surface area contributed by atoms with Crippen LogP contribution in [0.2, 0.25) is 39.3 Å². The van der Waals surface area contributed by atoms with Gasteiger partial charge >= 0.3 is 0 Å². The van der Waals surface area contributed by atoms with Gasteiger partial charge in [0, 0.05) is 32.9 Å². The van der Waals surface area contributed by atoms with Crippen LogP contribution in [-0.2, 0) is 0 Å². The van der Waals surface area contributed by atoms with Crippen molar-refractivity contribution in [2.45, 2.75) is 39.3 Å². The molecular formula is C42H40N2Si2. The molecule has 0 spiro atoms. The maximum absolute atomic E-state index is 2.42. The molecule has 2 nitrogen and oxygen atoms in total. The SMILES string of the molecule is C[Si](C)(C)c1ccc(-n2c3ccccc3c3cc(-c4ccc5c(c4)c4ccccc4n5-c4ccc([Si](C)(C)C)cc4)ccc32)cc1. The van der Waals surface area contributed by atoms with Crippen molar-refractivity contribution in [1.29, 1.82) is 0 Å². The van der Waals surface area contributed by atoms with Gasteiger partial charge in [-0.2, -0.15) is 0 Å². The molecule has 0 saturated heterocycles. The third kappa shape index (κ3) is 4.67. The lowest BCUT2D eigenvalue weighted by atomic mass is 10.0. The largest absolute Gasteiger partial charge is 0.309 e. The molecule has 0 aliphatic heterocycles. The highest BCUT2D eigenvalue weighted by Crippen LogP contribution is 2.38. The molecule has 4 heteroatoms. The molecule has 6 aromatic carbocycles. The Morgan fingerprint density at radius 1 is 0.348 bits per heavy atom. The van der Waals surface area contributed by atoms with Crippen LogP contribution in [0, 0.1) is 0 Å². The number of para-hydroxylation sites is 2. The Hall–Kier alpha value is -4.65. The van der Waals surface area contributed by atoms with E-state index in [9.17, 15) is 0 Å². The third-order valence-electron chi connectivity index (χ3n) is 9.66. The third-order valence-corrected chi connectivity index (χ3v) is 13.8. The first kappa shape index (κ1) is 28.8. The van der Waals surface area contributed by atoms with Crippen LogP contribution in [0.25, 0.3) is 66.1 Å². The summed E-state index contributed by atoms with van der Waals surface area (Å²) in [5.74, 6) is 0. The summed E-state index contributed by atoms with van der Waals surface area (Å²) in [6.07, 6.45) is 0. The van der Waals surface area contributed by atoms with Crippen molar-refractivity contribution in [1.82, 2.24) is 9.13 Å². The Morgan fingerprint density at radius 2 is 0.696 bits per heavy atom. The van der Waals surface area contributed by atoms with Gasteiger partial charge in [0.05, 0.1) is 38.2 Å². The standard InChI is InChI=1S/C42H40N2Si2/c1-45(2,3)33-21-17-31(18-22-33)43-39-13-9-7-11-35(39)37-27-29(15-25-41(37)43)30-16-26-42-38(28-30)36-12-8-10-14-40(36)44(42)32-19-23-34(24-20-32)46(4,5)6/h7-28H,1-6H3. The van der Waals surface area contributed by atoms with E-state index in [1.165, 1.54) is 76.5 Å². The van der Waals surface area contributed by atoms with Gasteiger partial charge in [-0.1, -0.05) is 122 Å². The van der Waals surface area contributed by atoms with E-state index in [4.69, 9.17) is 0 Å². The number of fused-ring (bicyclic) bond motifs is 6. The van der Waals surface area contributed by atoms with Crippen LogP contribution >= 0.6 is 0 Å². The molecule has 8 aromatic rings. The maximum Gasteiger partial charge on any atom is 0.0775 e. The predicted molar refractivity (Wildman–Crippen MR) is 207 cm³/mol. The van der Waals surface area contributed by atoms with E-state index in [0.717, 1.165) is 0 Å². The van der Waals surface area contributed by atoms with E-state index in [0.29, 0.717) is 0 Å². The summed E-state index contributed by atoms with van der Waals surface area (Å²) in [6, 6.07) is 50.2. The van der Waals surface area contributed by atoms with Gasteiger partial charge in [-0.25, -0.2) is 0 Å². The molecule has 0 unspecified atom stereocenters. The second-order valence-electron chi connectivity index (χ2n) is 14.8. The zero-order valence-corrected chi connectivity index (χ0v) is 29.6. The van der Waals surface area contributed by atoms with E-state index in [1.54, 1.807) is 0 Å². The first-order chi connectivity index (χ1) is 22.1. The van der Waals surface area contributed by atoms with Gasteiger partial charge in [0.25, 0.3) is 0 Å². The van der Waals surface area contributed by atoms with Gasteiger partial charge < -0.3 is 9.13 Å². The van der Waals surface area contributed by atoms with Crippen molar-refractivity contribution in [3.8, 4) is 22.5 Å². The lowest BCUT2D eigenvalue weighted by Crippen LogP contribution is -2.37. The molecule has 0 aliphatic carbocycles. The molecule has 0 bridgehead atoms. The first-order valence-corrected chi connectivity index (χ1v) is 23.4. The number of rotatable bonds is 5. The smallest absolute Gasteiger partial charge is 0.0775 e. The van der Waals surface area contributed by atoms with Gasteiger partial charge in [-0.05, 0) is 71.8 Å². The highest BCUT2D eigenvalue weighted by atomic mass is 28.3. The van der Waals surface area contributed by atoms with Crippen LogP contribution in [0.1, 0.15) is 0 Å². The molecule has 46 heavy (non-hydrogen) atoms. The van der Waals surface area contributed by atoms with Gasteiger partial charge in [-0.15, -0.1) is 0 Å². The molecule has 8 rings (SSSR count). The van der Waals surface area contributed by atoms with Crippen LogP contribution < -0.4 is 10.4 Å². The minimum atomic E-state index is -1.37. The summed E-state index contributed by atoms with van der Waals surface area (Å²) in [4.78, 5) is 0. The lowest BCUT2D eigenvalue weighted by molar-refractivity contribution is 1.18. The molecule has 226 valence electrons. The number of benzene rings is 6. The average molecular weight is 629 g/mol. The second kappa shape index (κ2) is 10.4. The zero-order valence-electron chi connectivity index (χ0n) is 27.6. The number of hydrogen-bond acceptors (Lipinski definition) is 0. The summed E-state index contributed by atoms with van der Waals surface area (Å²) >= 11 is 0. The molecule has 0 atom stereocenters. The van der Waals surface area contributed by atoms with E-state index in [2.05, 4.69) is 182 Å². The lowest BCUT2D eigenvalue weighted by Gasteiger charge is -2.17. The van der Waals surface area contributed by atoms with E-state index >= 15 is 0 Å². The number of hydrogen-bond donors (Lipinski definition) is 0. The Bertz CT molecular complexity index is 2240. The molecule has 0 radical (unpaired) electrons. The molecular weight excluding hydrogens is 589 g/mol. The number of nitrogens with zero attached hydrogens (tertiary/aromatic N) is 2. The Balaban J connectivity index is 1.27. The molecule has 0 N–H and O–H groups in total. The fourth-order valence-corrected chi connectivity index (χ4v) is 9.42. The van der Waals surface area contributed by atoms with E-state index in [1.807, 2.05) is 0 Å². The van der Waals surface area contributed by atoms with E-state index < -0.39 is 16.1 Å². The summed E-state index contributed by atoms with van der Waals surface area (Å²) in [5, 5.41) is 8.11. The normalized spacial score (nSPS) is 12.6. The van der Waals surface area contributed by atoms with Gasteiger partial charge in [0.2, 0.25) is 0 Å². The maximum atomic E-state index is 2.42. The Morgan fingerprint density at radius 3 is 1.07 bits per heavy atom. The highest BCUT2D eigenvalue weighted by molar-refractivity contribution is 6.89. The fraction of sp³-hybridized carbons (Fsp3) is 0.143. The topological polar surface area (TPSA) is 9.86 Å². The molecule has 2 aromatic heterocycles. The van der Waals surface area contributed by atoms with Gasteiger partial charge in [0.15, 0.2) is 0 Å². The molecule has 0 fully saturated rings. The summed E-state index contributed by atoms with van der Waals surface area (Å²) in [6.45, 7) is 14.4. The van der Waals surface area contributed by atoms with Crippen LogP contribution in [0.3, 0.4) is 0 Å². The predicted octanol–water partition coefficient (Wildman–Crippen LogP) is 10.6. The Labute approximate surface area is 273 Å². The highest BCUT2D eigenvalue weighted by Gasteiger charge is 2.19. The Kier molecular flexibility index (Phi) is 6.54. The summed E-state index contributed by atoms with van der Waals surface area (Å²) in [7, 11) is -2.73. The van der Waals surface area contributed by atoms with Crippen LogP contribution in [0.15, 0.2) is 133 Å². The van der Waals surface area contributed by atoms with Crippen molar-refractivity contribution in [2.75, 3.05) is 0 Å². The minimum absolute atomic E-state index is 1.22. The van der Waals surface area contributed by atoms with Crippen molar-refractivity contribution in [3.05, 3.63) is 133 Å². The van der Waals surface area contributed by atoms with Crippen molar-refractivity contribution >= 4 is 70.1 Å². The second-order valence-corrected chi connectivity index (χ2v) is 24.9. The van der Waals surface area contributed by atoms with Crippen LogP contribution in [0.5, 0.6) is 0 Å². The molecule has 2 heterocycles. The zero-order chi connectivity index (χ0) is 31.8. The molecule has 0 aliphatic rings. The number of aromatic nitrogens is 2. The van der Waals surface area contributed by atoms with Gasteiger partial charge in [0.1, 0.15) is 0 Å². The summed E-state index contributed by atoms with van der Waals surface area (Å²) in [5.41, 5.74) is 9.88. The molecule has 0 amide bonds. The summed E-state index contributed by atoms with van der Waals surface area (Å²) < 4.78 is 4.85. The monoisotopic (exact) mass is 628 g/mol. The van der Waals surface area contributed by atoms with Crippen molar-refractivity contribution in [3.63, 3.8) is 0 Å². The first-order valence-electron chi connectivity index (χ1n) is 16.4. The van der Waals surface area contributed by atoms with Crippen molar-refractivity contribution < 1.29 is 0 Å². The minimum Gasteiger partial charge on any atom is -0.309 e. The van der Waals surface area contributed by atoms with Gasteiger partial charge in [-0.3, -0.25) is 0 Å². The van der Waals surface area contributed by atoms with Crippen molar-refractivity contribution in [2.24, 2.45) is 0 Å². The van der Waals surface area contributed by atoms with Crippen LogP contribution in [-0.4, -0.2) is 25.3 Å². The molecule has 0 saturated carbocycles. The average Bonchev–Trinajstić information content (AvgIpc) is 3.56.